The number of rotatable bonds is 3. The summed E-state index contributed by atoms with van der Waals surface area (Å²) in [5.74, 6) is -0.102. The predicted octanol–water partition coefficient (Wildman–Crippen LogP) is 3.31. The number of amides is 1. The molecule has 1 aliphatic heterocycles. The molecule has 0 atom stereocenters. The number of carbonyl (C=O) groups is 1. The lowest BCUT2D eigenvalue weighted by atomic mass is 10.2. The second-order valence-electron chi connectivity index (χ2n) is 6.20. The highest BCUT2D eigenvalue weighted by molar-refractivity contribution is 5.79. The lowest BCUT2D eigenvalue weighted by Crippen LogP contribution is -2.29. The second kappa shape index (κ2) is 6.07. The van der Waals surface area contributed by atoms with Gasteiger partial charge in [-0.05, 0) is 42.7 Å². The molecule has 2 aromatic heterocycles. The van der Waals surface area contributed by atoms with Crippen LogP contribution in [0, 0.1) is 5.82 Å². The number of pyridine rings is 1. The maximum absolute atomic E-state index is 13.4. The van der Waals surface area contributed by atoms with Gasteiger partial charge < -0.3 is 9.30 Å². The first-order chi connectivity index (χ1) is 11.7. The molecule has 24 heavy (non-hydrogen) atoms. The van der Waals surface area contributed by atoms with Gasteiger partial charge in [0.15, 0.2) is 0 Å². The molecule has 1 fully saturated rings. The van der Waals surface area contributed by atoms with E-state index in [1.165, 1.54) is 12.1 Å². The fourth-order valence-corrected chi connectivity index (χ4v) is 3.17. The van der Waals surface area contributed by atoms with E-state index in [0.29, 0.717) is 6.42 Å². The molecule has 4 nitrogen and oxygen atoms in total. The molecule has 1 aromatic carbocycles. The van der Waals surface area contributed by atoms with Gasteiger partial charge in [0.1, 0.15) is 11.5 Å². The van der Waals surface area contributed by atoms with Crippen molar-refractivity contribution in [1.29, 1.82) is 0 Å². The zero-order valence-corrected chi connectivity index (χ0v) is 13.3. The summed E-state index contributed by atoms with van der Waals surface area (Å²) in [6.45, 7) is 1.74. The Morgan fingerprint density at radius 1 is 1.17 bits per heavy atom. The Labute approximate surface area is 139 Å². The maximum atomic E-state index is 13.4. The van der Waals surface area contributed by atoms with E-state index in [9.17, 15) is 9.18 Å². The van der Waals surface area contributed by atoms with E-state index in [2.05, 4.69) is 4.98 Å². The Morgan fingerprint density at radius 3 is 2.79 bits per heavy atom. The molecule has 0 aliphatic carbocycles. The highest BCUT2D eigenvalue weighted by Crippen LogP contribution is 2.21. The van der Waals surface area contributed by atoms with Gasteiger partial charge in [-0.1, -0.05) is 12.1 Å². The van der Waals surface area contributed by atoms with Gasteiger partial charge in [0.2, 0.25) is 5.91 Å². The summed E-state index contributed by atoms with van der Waals surface area (Å²) in [7, 11) is 0. The molecule has 3 aromatic rings. The van der Waals surface area contributed by atoms with Crippen LogP contribution in [-0.4, -0.2) is 33.3 Å². The fraction of sp³-hybridized carbons (Fsp3) is 0.263. The van der Waals surface area contributed by atoms with Gasteiger partial charge in [0.05, 0.1) is 12.1 Å². The molecule has 1 saturated heterocycles. The van der Waals surface area contributed by atoms with Gasteiger partial charge >= 0.3 is 0 Å². The third kappa shape index (κ3) is 2.89. The Morgan fingerprint density at radius 2 is 2.00 bits per heavy atom. The third-order valence-electron chi connectivity index (χ3n) is 4.46. The molecule has 5 heteroatoms. The maximum Gasteiger partial charge on any atom is 0.226 e. The summed E-state index contributed by atoms with van der Waals surface area (Å²) in [4.78, 5) is 18.8. The molecule has 0 spiro atoms. The number of fused-ring (bicyclic) bond motifs is 1. The zero-order chi connectivity index (χ0) is 16.5. The van der Waals surface area contributed by atoms with E-state index in [1.54, 1.807) is 6.07 Å². The number of likely N-dealkylation sites (tertiary alicyclic amines) is 1. The number of imidazole rings is 1. The van der Waals surface area contributed by atoms with Crippen molar-refractivity contribution in [1.82, 2.24) is 14.3 Å². The minimum Gasteiger partial charge on any atom is -0.342 e. The molecule has 3 heterocycles. The highest BCUT2D eigenvalue weighted by Gasteiger charge is 2.18. The minimum absolute atomic E-state index is 0.175. The monoisotopic (exact) mass is 323 g/mol. The number of halogens is 1. The summed E-state index contributed by atoms with van der Waals surface area (Å²) in [6.07, 6.45) is 6.37. The van der Waals surface area contributed by atoms with Crippen LogP contribution in [0.15, 0.2) is 48.8 Å². The first kappa shape index (κ1) is 14.9. The van der Waals surface area contributed by atoms with Crippen molar-refractivity contribution >= 4 is 11.6 Å². The second-order valence-corrected chi connectivity index (χ2v) is 6.20. The van der Waals surface area contributed by atoms with Crippen molar-refractivity contribution in [3.63, 3.8) is 0 Å². The molecule has 0 bridgehead atoms. The number of nitrogens with zero attached hydrogens (tertiary/aromatic N) is 3. The molecule has 0 N–H and O–H groups in total. The van der Waals surface area contributed by atoms with Crippen LogP contribution in [0.2, 0.25) is 0 Å². The van der Waals surface area contributed by atoms with E-state index in [0.717, 1.165) is 48.4 Å². The molecule has 122 valence electrons. The number of benzene rings is 1. The first-order valence-corrected chi connectivity index (χ1v) is 8.20. The van der Waals surface area contributed by atoms with Crippen molar-refractivity contribution in [2.45, 2.75) is 19.3 Å². The standard InChI is InChI=1S/C19H18FN3O/c20-16-5-3-4-15(12-16)17-13-23-9-6-14(10-18(23)21-17)11-19(24)22-7-1-2-8-22/h3-6,9-10,12-13H,1-2,7-8,11H2. The number of aromatic nitrogens is 2. The van der Waals surface area contributed by atoms with E-state index in [1.807, 2.05) is 39.9 Å². The highest BCUT2D eigenvalue weighted by atomic mass is 19.1. The molecule has 4 rings (SSSR count). The van der Waals surface area contributed by atoms with Crippen LogP contribution in [0.25, 0.3) is 16.9 Å². The molecule has 0 unspecified atom stereocenters. The first-order valence-electron chi connectivity index (χ1n) is 8.20. The van der Waals surface area contributed by atoms with Crippen LogP contribution in [0.1, 0.15) is 18.4 Å². The molecule has 1 amide bonds. The number of hydrogen-bond donors (Lipinski definition) is 0. The summed E-state index contributed by atoms with van der Waals surface area (Å²) in [6, 6.07) is 10.3. The van der Waals surface area contributed by atoms with E-state index in [-0.39, 0.29) is 11.7 Å². The smallest absolute Gasteiger partial charge is 0.226 e. The summed E-state index contributed by atoms with van der Waals surface area (Å²) >= 11 is 0. The van der Waals surface area contributed by atoms with Gasteiger partial charge in [-0.2, -0.15) is 0 Å². The van der Waals surface area contributed by atoms with Gasteiger partial charge in [0.25, 0.3) is 0 Å². The average Bonchev–Trinajstić information content (AvgIpc) is 3.24. The molecule has 0 radical (unpaired) electrons. The van der Waals surface area contributed by atoms with Crippen LogP contribution in [0.5, 0.6) is 0 Å². The lowest BCUT2D eigenvalue weighted by molar-refractivity contribution is -0.129. The van der Waals surface area contributed by atoms with Crippen LogP contribution >= 0.6 is 0 Å². The average molecular weight is 323 g/mol. The Balaban J connectivity index is 1.60. The van der Waals surface area contributed by atoms with E-state index >= 15 is 0 Å². The van der Waals surface area contributed by atoms with Gasteiger partial charge in [-0.25, -0.2) is 9.37 Å². The SMILES string of the molecule is O=C(Cc1ccn2cc(-c3cccc(F)c3)nc2c1)N1CCCC1. The molecular weight excluding hydrogens is 305 g/mol. The predicted molar refractivity (Wildman–Crippen MR) is 90.1 cm³/mol. The van der Waals surface area contributed by atoms with Crippen molar-refractivity contribution in [2.75, 3.05) is 13.1 Å². The van der Waals surface area contributed by atoms with E-state index < -0.39 is 0 Å². The van der Waals surface area contributed by atoms with Crippen LogP contribution in [0.3, 0.4) is 0 Å². The molecule has 0 saturated carbocycles. The van der Waals surface area contributed by atoms with Crippen molar-refractivity contribution in [3.05, 3.63) is 60.2 Å². The topological polar surface area (TPSA) is 37.6 Å². The summed E-state index contributed by atoms with van der Waals surface area (Å²) in [5, 5.41) is 0. The quantitative estimate of drug-likeness (QED) is 0.741. The van der Waals surface area contributed by atoms with Crippen molar-refractivity contribution < 1.29 is 9.18 Å². The van der Waals surface area contributed by atoms with Crippen LogP contribution in [0.4, 0.5) is 4.39 Å². The van der Waals surface area contributed by atoms with Crippen molar-refractivity contribution in [3.8, 4) is 11.3 Å². The van der Waals surface area contributed by atoms with Gasteiger partial charge in [-0.15, -0.1) is 0 Å². The fourth-order valence-electron chi connectivity index (χ4n) is 3.17. The third-order valence-corrected chi connectivity index (χ3v) is 4.46. The number of carbonyl (C=O) groups excluding carboxylic acids is 1. The van der Waals surface area contributed by atoms with Crippen LogP contribution in [-0.2, 0) is 11.2 Å². The summed E-state index contributed by atoms with van der Waals surface area (Å²) in [5.41, 5.74) is 3.18. The lowest BCUT2D eigenvalue weighted by Gasteiger charge is -2.14. The zero-order valence-electron chi connectivity index (χ0n) is 13.3. The van der Waals surface area contributed by atoms with Gasteiger partial charge in [0, 0.05) is 31.0 Å². The Bertz CT molecular complexity index is 897. The van der Waals surface area contributed by atoms with E-state index in [4.69, 9.17) is 0 Å². The molecule has 1 aliphatic rings. The van der Waals surface area contributed by atoms with Crippen molar-refractivity contribution in [2.24, 2.45) is 0 Å². The Hall–Kier alpha value is -2.69. The largest absolute Gasteiger partial charge is 0.342 e. The van der Waals surface area contributed by atoms with Crippen LogP contribution < -0.4 is 0 Å². The minimum atomic E-state index is -0.276. The number of hydrogen-bond acceptors (Lipinski definition) is 2. The Kier molecular flexibility index (Phi) is 3.76. The molecular formula is C19H18FN3O. The summed E-state index contributed by atoms with van der Waals surface area (Å²) < 4.78 is 15.3. The normalized spacial score (nSPS) is 14.5. The van der Waals surface area contributed by atoms with Gasteiger partial charge in [-0.3, -0.25) is 4.79 Å².